The van der Waals surface area contributed by atoms with Crippen LogP contribution in [0, 0.1) is 34.9 Å². The lowest BCUT2D eigenvalue weighted by Gasteiger charge is -2.27. The fourth-order valence-electron chi connectivity index (χ4n) is 3.66. The van der Waals surface area contributed by atoms with E-state index in [9.17, 15) is 4.39 Å². The number of hydrogen-bond acceptors (Lipinski definition) is 1. The van der Waals surface area contributed by atoms with E-state index in [-0.39, 0.29) is 5.56 Å². The van der Waals surface area contributed by atoms with Gasteiger partial charge in [0.15, 0.2) is 0 Å². The lowest BCUT2D eigenvalue weighted by molar-refractivity contribution is 0.376. The summed E-state index contributed by atoms with van der Waals surface area (Å²) in [5.41, 5.74) is 3.51. The van der Waals surface area contributed by atoms with E-state index in [1.165, 1.54) is 48.9 Å². The zero-order valence-corrected chi connectivity index (χ0v) is 15.7. The Kier molecular flexibility index (Phi) is 6.45. The van der Waals surface area contributed by atoms with Crippen LogP contribution in [-0.4, -0.2) is 0 Å². The Morgan fingerprint density at radius 3 is 2.44 bits per heavy atom. The summed E-state index contributed by atoms with van der Waals surface area (Å²) in [6.45, 7) is 2.19. The van der Waals surface area contributed by atoms with Crippen LogP contribution in [0.3, 0.4) is 0 Å². The molecule has 27 heavy (non-hydrogen) atoms. The van der Waals surface area contributed by atoms with Crippen LogP contribution in [0.25, 0.3) is 0 Å². The molecular weight excluding hydrogens is 333 g/mol. The summed E-state index contributed by atoms with van der Waals surface area (Å²) < 4.78 is 13.6. The maximum absolute atomic E-state index is 13.6. The van der Waals surface area contributed by atoms with Gasteiger partial charge in [-0.3, -0.25) is 0 Å². The number of nitrogens with zero attached hydrogens (tertiary/aromatic N) is 1. The number of aryl methyl sites for hydroxylation is 1. The molecule has 1 fully saturated rings. The van der Waals surface area contributed by atoms with E-state index in [0.717, 1.165) is 6.42 Å². The highest BCUT2D eigenvalue weighted by molar-refractivity contribution is 5.42. The molecular formula is C25H24FN. The first kappa shape index (κ1) is 18.9. The fraction of sp³-hybridized carbons (Fsp3) is 0.320. The summed E-state index contributed by atoms with van der Waals surface area (Å²) in [6, 6.07) is 15.4. The van der Waals surface area contributed by atoms with Gasteiger partial charge in [-0.1, -0.05) is 49.1 Å². The van der Waals surface area contributed by atoms with Gasteiger partial charge in [0, 0.05) is 5.56 Å². The van der Waals surface area contributed by atoms with Gasteiger partial charge >= 0.3 is 0 Å². The van der Waals surface area contributed by atoms with Crippen molar-refractivity contribution in [1.29, 1.82) is 5.26 Å². The van der Waals surface area contributed by atoms with Crippen molar-refractivity contribution >= 4 is 0 Å². The smallest absolute Gasteiger partial charge is 0.142 e. The Morgan fingerprint density at radius 2 is 1.81 bits per heavy atom. The van der Waals surface area contributed by atoms with Crippen LogP contribution in [-0.2, 0) is 6.42 Å². The first-order chi connectivity index (χ1) is 13.2. The molecule has 1 aliphatic carbocycles. The lowest BCUT2D eigenvalue weighted by Crippen LogP contribution is -2.11. The van der Waals surface area contributed by atoms with E-state index in [4.69, 9.17) is 5.26 Å². The van der Waals surface area contributed by atoms with Crippen molar-refractivity contribution in [2.75, 3.05) is 0 Å². The predicted molar refractivity (Wildman–Crippen MR) is 108 cm³/mol. The van der Waals surface area contributed by atoms with Crippen molar-refractivity contribution in [2.45, 2.75) is 44.9 Å². The Morgan fingerprint density at radius 1 is 1.07 bits per heavy atom. The lowest BCUT2D eigenvalue weighted by atomic mass is 9.78. The number of rotatable bonds is 3. The third kappa shape index (κ3) is 5.08. The Labute approximate surface area is 161 Å². The third-order valence-electron chi connectivity index (χ3n) is 5.39. The van der Waals surface area contributed by atoms with Crippen molar-refractivity contribution in [3.63, 3.8) is 0 Å². The molecule has 3 rings (SSSR count). The second-order valence-corrected chi connectivity index (χ2v) is 7.14. The highest BCUT2D eigenvalue weighted by atomic mass is 19.1. The van der Waals surface area contributed by atoms with E-state index in [1.54, 1.807) is 6.07 Å². The second kappa shape index (κ2) is 9.20. The molecule has 0 radical (unpaired) electrons. The Balaban J connectivity index is 1.52. The molecule has 136 valence electrons. The van der Waals surface area contributed by atoms with E-state index in [2.05, 4.69) is 49.1 Å². The van der Waals surface area contributed by atoms with Crippen LogP contribution < -0.4 is 0 Å². The van der Waals surface area contributed by atoms with Crippen LogP contribution >= 0.6 is 0 Å². The molecule has 1 saturated carbocycles. The standard InChI is InChI=1S/C25H24FN/c1-2-19-7-12-22(13-8-19)23-14-9-20(10-15-23)5-3-4-6-21-11-16-24(18-27)25(26)17-21/h3,5,7-8,11-13,16-17,20,23H,2,9-10,14-15H2,1H3/b5-3+/t20-,23-. The highest BCUT2D eigenvalue weighted by Gasteiger charge is 2.20. The van der Waals surface area contributed by atoms with Crippen molar-refractivity contribution < 1.29 is 4.39 Å². The molecule has 1 nitrogen and oxygen atoms in total. The average Bonchev–Trinajstić information content (AvgIpc) is 2.72. The molecule has 0 amide bonds. The monoisotopic (exact) mass is 357 g/mol. The molecule has 0 unspecified atom stereocenters. The summed E-state index contributed by atoms with van der Waals surface area (Å²) in [5.74, 6) is 6.66. The van der Waals surface area contributed by atoms with Gasteiger partial charge in [-0.25, -0.2) is 4.39 Å². The molecule has 0 aromatic heterocycles. The first-order valence-corrected chi connectivity index (χ1v) is 9.66. The average molecular weight is 357 g/mol. The second-order valence-electron chi connectivity index (χ2n) is 7.14. The quantitative estimate of drug-likeness (QED) is 0.605. The van der Waals surface area contributed by atoms with E-state index >= 15 is 0 Å². The molecule has 0 heterocycles. The zero-order valence-electron chi connectivity index (χ0n) is 15.7. The minimum Gasteiger partial charge on any atom is -0.206 e. The third-order valence-corrected chi connectivity index (χ3v) is 5.39. The molecule has 2 aromatic rings. The largest absolute Gasteiger partial charge is 0.206 e. The van der Waals surface area contributed by atoms with Crippen molar-refractivity contribution in [3.05, 3.63) is 82.7 Å². The molecule has 2 aromatic carbocycles. The van der Waals surface area contributed by atoms with E-state index < -0.39 is 5.82 Å². The van der Waals surface area contributed by atoms with Crippen molar-refractivity contribution in [2.24, 2.45) is 5.92 Å². The molecule has 0 N–H and O–H groups in total. The van der Waals surface area contributed by atoms with Gasteiger partial charge in [-0.05, 0) is 79.3 Å². The van der Waals surface area contributed by atoms with Gasteiger partial charge in [0.1, 0.15) is 11.9 Å². The number of hydrogen-bond donors (Lipinski definition) is 0. The molecule has 0 aliphatic heterocycles. The van der Waals surface area contributed by atoms with Crippen LogP contribution in [0.1, 0.15) is 60.8 Å². The topological polar surface area (TPSA) is 23.8 Å². The van der Waals surface area contributed by atoms with Gasteiger partial charge in [0.25, 0.3) is 0 Å². The number of halogens is 1. The summed E-state index contributed by atoms with van der Waals surface area (Å²) in [7, 11) is 0. The molecule has 1 aliphatic rings. The fourth-order valence-corrected chi connectivity index (χ4v) is 3.66. The highest BCUT2D eigenvalue weighted by Crippen LogP contribution is 2.36. The number of benzene rings is 2. The van der Waals surface area contributed by atoms with Crippen LogP contribution in [0.15, 0.2) is 54.6 Å². The van der Waals surface area contributed by atoms with Crippen LogP contribution in [0.2, 0.25) is 0 Å². The molecule has 2 heteroatoms. The Bertz CT molecular complexity index is 898. The first-order valence-electron chi connectivity index (χ1n) is 9.66. The molecule has 0 atom stereocenters. The van der Waals surface area contributed by atoms with Crippen molar-refractivity contribution in [1.82, 2.24) is 0 Å². The minimum atomic E-state index is -0.515. The maximum atomic E-state index is 13.6. The van der Waals surface area contributed by atoms with Crippen LogP contribution in [0.4, 0.5) is 4.39 Å². The van der Waals surface area contributed by atoms with E-state index in [1.807, 2.05) is 12.1 Å². The zero-order chi connectivity index (χ0) is 19.1. The van der Waals surface area contributed by atoms with Gasteiger partial charge < -0.3 is 0 Å². The maximum Gasteiger partial charge on any atom is 0.142 e. The van der Waals surface area contributed by atoms with E-state index in [0.29, 0.717) is 17.4 Å². The molecule has 0 bridgehead atoms. The number of allylic oxidation sites excluding steroid dienone is 2. The van der Waals surface area contributed by atoms with Crippen molar-refractivity contribution in [3.8, 4) is 17.9 Å². The van der Waals surface area contributed by atoms with Crippen LogP contribution in [0.5, 0.6) is 0 Å². The Hall–Kier alpha value is -2.84. The summed E-state index contributed by atoms with van der Waals surface area (Å²) in [4.78, 5) is 0. The summed E-state index contributed by atoms with van der Waals surface area (Å²) >= 11 is 0. The predicted octanol–water partition coefficient (Wildman–Crippen LogP) is 6.14. The molecule has 0 saturated heterocycles. The van der Waals surface area contributed by atoms with Gasteiger partial charge in [0.2, 0.25) is 0 Å². The molecule has 0 spiro atoms. The van der Waals surface area contributed by atoms with Gasteiger partial charge in [-0.15, -0.1) is 0 Å². The van der Waals surface area contributed by atoms with Gasteiger partial charge in [-0.2, -0.15) is 5.26 Å². The minimum absolute atomic E-state index is 0.0529. The number of nitriles is 1. The summed E-state index contributed by atoms with van der Waals surface area (Å²) in [6.07, 6.45) is 9.96. The normalized spacial score (nSPS) is 19.3. The summed E-state index contributed by atoms with van der Waals surface area (Å²) in [5, 5.41) is 8.75. The van der Waals surface area contributed by atoms with Gasteiger partial charge in [0.05, 0.1) is 5.56 Å². The SMILES string of the molecule is CCc1ccc([C@H]2CC[C@H](/C=C/C#Cc3ccc(C#N)c(F)c3)CC2)cc1.